The van der Waals surface area contributed by atoms with Crippen LogP contribution >= 0.6 is 15.9 Å². The molecule has 7 heteroatoms. The molecule has 24 heavy (non-hydrogen) atoms. The molecular formula is C17H22BrN3O3. The third-order valence-corrected chi connectivity index (χ3v) is 5.46. The highest BCUT2D eigenvalue weighted by molar-refractivity contribution is 9.10. The smallest absolute Gasteiger partial charge is 0.292 e. The van der Waals surface area contributed by atoms with Crippen LogP contribution in [-0.2, 0) is 4.79 Å². The quantitative estimate of drug-likeness (QED) is 0.618. The zero-order valence-electron chi connectivity index (χ0n) is 13.5. The van der Waals surface area contributed by atoms with Crippen molar-refractivity contribution in [3.05, 3.63) is 32.8 Å². The highest BCUT2D eigenvalue weighted by atomic mass is 79.9. The average Bonchev–Trinajstić information content (AvgIpc) is 3.03. The van der Waals surface area contributed by atoms with E-state index in [-0.39, 0.29) is 28.5 Å². The molecule has 0 bridgehead atoms. The number of nitrogens with one attached hydrogen (secondary N) is 1. The van der Waals surface area contributed by atoms with Gasteiger partial charge in [-0.3, -0.25) is 14.9 Å². The molecule has 2 fully saturated rings. The fraction of sp³-hybridized carbons (Fsp3) is 0.588. The predicted molar refractivity (Wildman–Crippen MR) is 96.0 cm³/mol. The molecule has 1 atom stereocenters. The number of carbonyl (C=O) groups excluding carboxylic acids is 1. The van der Waals surface area contributed by atoms with Gasteiger partial charge in [0.25, 0.3) is 5.69 Å². The van der Waals surface area contributed by atoms with Crippen LogP contribution in [0.4, 0.5) is 11.4 Å². The molecule has 1 saturated heterocycles. The van der Waals surface area contributed by atoms with Crippen molar-refractivity contribution in [2.24, 2.45) is 5.92 Å². The van der Waals surface area contributed by atoms with Crippen molar-refractivity contribution in [3.63, 3.8) is 0 Å². The first-order chi connectivity index (χ1) is 11.5. The molecule has 1 aromatic carbocycles. The lowest BCUT2D eigenvalue weighted by Gasteiger charge is -2.26. The van der Waals surface area contributed by atoms with E-state index in [0.717, 1.165) is 43.1 Å². The molecular weight excluding hydrogens is 374 g/mol. The third kappa shape index (κ3) is 3.88. The van der Waals surface area contributed by atoms with Gasteiger partial charge in [0.1, 0.15) is 5.69 Å². The first kappa shape index (κ1) is 17.2. The Labute approximate surface area is 149 Å². The number of rotatable bonds is 4. The second-order valence-electron chi connectivity index (χ2n) is 6.67. The monoisotopic (exact) mass is 395 g/mol. The second kappa shape index (κ2) is 7.51. The van der Waals surface area contributed by atoms with Gasteiger partial charge in [-0.1, -0.05) is 35.2 Å². The van der Waals surface area contributed by atoms with Gasteiger partial charge in [-0.15, -0.1) is 0 Å². The van der Waals surface area contributed by atoms with Crippen LogP contribution in [0.1, 0.15) is 38.5 Å². The number of likely N-dealkylation sites (tertiary alicyclic amines) is 1. The fourth-order valence-corrected chi connectivity index (χ4v) is 4.05. The van der Waals surface area contributed by atoms with Gasteiger partial charge in [0.15, 0.2) is 0 Å². The maximum atomic E-state index is 12.6. The molecule has 1 unspecified atom stereocenters. The number of nitrogens with zero attached hydrogens (tertiary/aromatic N) is 2. The normalized spacial score (nSPS) is 21.7. The van der Waals surface area contributed by atoms with E-state index in [1.165, 1.54) is 12.5 Å². The van der Waals surface area contributed by atoms with Crippen LogP contribution < -0.4 is 5.32 Å². The molecule has 6 nitrogen and oxygen atoms in total. The average molecular weight is 396 g/mol. The summed E-state index contributed by atoms with van der Waals surface area (Å²) >= 11 is 3.35. The van der Waals surface area contributed by atoms with E-state index >= 15 is 0 Å². The maximum Gasteiger partial charge on any atom is 0.292 e. The first-order valence-corrected chi connectivity index (χ1v) is 9.33. The van der Waals surface area contributed by atoms with E-state index in [4.69, 9.17) is 0 Å². The summed E-state index contributed by atoms with van der Waals surface area (Å²) in [7, 11) is 0. The summed E-state index contributed by atoms with van der Waals surface area (Å²) in [6.45, 7) is 1.35. The SMILES string of the molecule is O=C(C1CCCCC1)N1CCC(Nc2cc(Br)ccc2[N+](=O)[O-])C1. The Bertz CT molecular complexity index is 632. The van der Waals surface area contributed by atoms with Crippen LogP contribution in [0, 0.1) is 16.0 Å². The number of nitro groups is 1. The zero-order chi connectivity index (χ0) is 17.1. The topological polar surface area (TPSA) is 75.5 Å². The lowest BCUT2D eigenvalue weighted by Crippen LogP contribution is -2.36. The Kier molecular flexibility index (Phi) is 5.38. The number of hydrogen-bond donors (Lipinski definition) is 1. The largest absolute Gasteiger partial charge is 0.375 e. The fourth-order valence-electron chi connectivity index (χ4n) is 3.69. The molecule has 2 aliphatic rings. The number of anilines is 1. The number of hydrogen-bond acceptors (Lipinski definition) is 4. The highest BCUT2D eigenvalue weighted by Crippen LogP contribution is 2.31. The van der Waals surface area contributed by atoms with Crippen LogP contribution in [-0.4, -0.2) is 34.9 Å². The van der Waals surface area contributed by atoms with Crippen LogP contribution in [0.25, 0.3) is 0 Å². The van der Waals surface area contributed by atoms with Crippen molar-refractivity contribution in [1.29, 1.82) is 0 Å². The van der Waals surface area contributed by atoms with E-state index in [9.17, 15) is 14.9 Å². The summed E-state index contributed by atoms with van der Waals surface area (Å²) < 4.78 is 0.795. The maximum absolute atomic E-state index is 12.6. The summed E-state index contributed by atoms with van der Waals surface area (Å²) in [5.41, 5.74) is 0.571. The molecule has 1 aromatic rings. The van der Waals surface area contributed by atoms with Gasteiger partial charge in [0.05, 0.1) is 4.92 Å². The minimum Gasteiger partial charge on any atom is -0.375 e. The first-order valence-electron chi connectivity index (χ1n) is 8.54. The highest BCUT2D eigenvalue weighted by Gasteiger charge is 2.32. The minimum absolute atomic E-state index is 0.0607. The Morgan fingerprint density at radius 2 is 2.00 bits per heavy atom. The summed E-state index contributed by atoms with van der Waals surface area (Å²) in [6, 6.07) is 4.94. The van der Waals surface area contributed by atoms with Crippen LogP contribution in [0.15, 0.2) is 22.7 Å². The van der Waals surface area contributed by atoms with Gasteiger partial charge in [-0.05, 0) is 31.4 Å². The molecule has 1 saturated carbocycles. The molecule has 1 amide bonds. The van der Waals surface area contributed by atoms with Crippen LogP contribution in [0.3, 0.4) is 0 Å². The van der Waals surface area contributed by atoms with Crippen LogP contribution in [0.2, 0.25) is 0 Å². The number of carbonyl (C=O) groups is 1. The molecule has 130 valence electrons. The van der Waals surface area contributed by atoms with Crippen molar-refractivity contribution in [2.45, 2.75) is 44.6 Å². The van der Waals surface area contributed by atoms with Crippen molar-refractivity contribution < 1.29 is 9.72 Å². The van der Waals surface area contributed by atoms with Gasteiger partial charge >= 0.3 is 0 Å². The molecule has 0 spiro atoms. The molecule has 0 aromatic heterocycles. The number of benzene rings is 1. The molecule has 1 heterocycles. The van der Waals surface area contributed by atoms with E-state index in [1.807, 2.05) is 4.90 Å². The Balaban J connectivity index is 1.63. The minimum atomic E-state index is -0.380. The van der Waals surface area contributed by atoms with Crippen molar-refractivity contribution in [3.8, 4) is 0 Å². The Morgan fingerprint density at radius 3 is 2.71 bits per heavy atom. The molecule has 0 radical (unpaired) electrons. The lowest BCUT2D eigenvalue weighted by atomic mass is 9.88. The van der Waals surface area contributed by atoms with E-state index in [0.29, 0.717) is 12.2 Å². The van der Waals surface area contributed by atoms with Crippen molar-refractivity contribution in [1.82, 2.24) is 4.90 Å². The third-order valence-electron chi connectivity index (χ3n) is 4.97. The number of amides is 1. The standard InChI is InChI=1S/C17H22BrN3O3/c18-13-6-7-16(21(23)24)15(10-13)19-14-8-9-20(11-14)17(22)12-4-2-1-3-5-12/h6-7,10,12,14,19H,1-5,8-9,11H2. The summed E-state index contributed by atoms with van der Waals surface area (Å²) in [6.07, 6.45) is 6.37. The molecule has 1 N–H and O–H groups in total. The molecule has 1 aliphatic carbocycles. The van der Waals surface area contributed by atoms with Crippen LogP contribution in [0.5, 0.6) is 0 Å². The summed E-state index contributed by atoms with van der Waals surface area (Å²) in [5, 5.41) is 14.4. The van der Waals surface area contributed by atoms with E-state index < -0.39 is 0 Å². The summed E-state index contributed by atoms with van der Waals surface area (Å²) in [4.78, 5) is 25.3. The predicted octanol–water partition coefficient (Wildman–Crippen LogP) is 3.95. The van der Waals surface area contributed by atoms with E-state index in [2.05, 4.69) is 21.2 Å². The van der Waals surface area contributed by atoms with Gasteiger partial charge in [-0.25, -0.2) is 0 Å². The Morgan fingerprint density at radius 1 is 1.25 bits per heavy atom. The van der Waals surface area contributed by atoms with Crippen molar-refractivity contribution >= 4 is 33.2 Å². The molecule has 3 rings (SSSR count). The molecule has 1 aliphatic heterocycles. The lowest BCUT2D eigenvalue weighted by molar-refractivity contribution is -0.384. The second-order valence-corrected chi connectivity index (χ2v) is 7.58. The Hall–Kier alpha value is -1.63. The van der Waals surface area contributed by atoms with Gasteiger partial charge < -0.3 is 10.2 Å². The van der Waals surface area contributed by atoms with E-state index in [1.54, 1.807) is 12.1 Å². The zero-order valence-corrected chi connectivity index (χ0v) is 15.1. The summed E-state index contributed by atoms with van der Waals surface area (Å²) in [5.74, 6) is 0.445. The van der Waals surface area contributed by atoms with Gasteiger partial charge in [0.2, 0.25) is 5.91 Å². The van der Waals surface area contributed by atoms with Gasteiger partial charge in [-0.2, -0.15) is 0 Å². The van der Waals surface area contributed by atoms with Gasteiger partial charge in [0, 0.05) is 35.6 Å². The number of nitro benzene ring substituents is 1. The van der Waals surface area contributed by atoms with Crippen molar-refractivity contribution in [2.75, 3.05) is 18.4 Å². The number of halogens is 1.